The van der Waals surface area contributed by atoms with Crippen molar-refractivity contribution in [3.8, 4) is 0 Å². The van der Waals surface area contributed by atoms with Crippen LogP contribution in [0.2, 0.25) is 6.32 Å². The number of halogens is 1. The van der Waals surface area contributed by atoms with Crippen molar-refractivity contribution in [1.82, 2.24) is 5.32 Å². The fourth-order valence-corrected chi connectivity index (χ4v) is 3.99. The molecule has 2 atom stereocenters. The van der Waals surface area contributed by atoms with E-state index in [1.54, 1.807) is 13.1 Å². The quantitative estimate of drug-likeness (QED) is 0.700. The van der Waals surface area contributed by atoms with Gasteiger partial charge in [0.2, 0.25) is 0 Å². The maximum atomic E-state index is 14.4. The number of carboxylic acids is 1. The van der Waals surface area contributed by atoms with Gasteiger partial charge in [0.25, 0.3) is 0 Å². The summed E-state index contributed by atoms with van der Waals surface area (Å²) in [4.78, 5) is 12.1. The fraction of sp³-hybridized carbons (Fsp3) is 0.588. The first-order valence-electron chi connectivity index (χ1n) is 8.13. The van der Waals surface area contributed by atoms with Gasteiger partial charge in [0.15, 0.2) is 0 Å². The van der Waals surface area contributed by atoms with Gasteiger partial charge in [-0.25, -0.2) is 9.18 Å². The van der Waals surface area contributed by atoms with Gasteiger partial charge in [0, 0.05) is 11.1 Å². The first-order valence-corrected chi connectivity index (χ1v) is 8.13. The molecular weight excluding hydrogens is 294 g/mol. The van der Waals surface area contributed by atoms with Gasteiger partial charge in [-0.3, -0.25) is 0 Å². The molecule has 2 radical (unpaired) electrons. The number of fused-ring (bicyclic) bond motifs is 1. The van der Waals surface area contributed by atoms with Crippen LogP contribution in [0.15, 0.2) is 12.1 Å². The van der Waals surface area contributed by atoms with Crippen LogP contribution in [-0.2, 0) is 22.3 Å². The third-order valence-corrected chi connectivity index (χ3v) is 5.51. The highest BCUT2D eigenvalue weighted by atomic mass is 19.1. The number of likely N-dealkylation sites (N-methyl/N-ethyl adjacent to an activating group) is 1. The van der Waals surface area contributed by atoms with E-state index < -0.39 is 17.0 Å². The van der Waals surface area contributed by atoms with Crippen LogP contribution in [0.1, 0.15) is 42.4 Å². The average Bonchev–Trinajstić information content (AvgIpc) is 3.16. The second kappa shape index (κ2) is 5.60. The number of carbonyl (C=O) groups is 1. The Labute approximate surface area is 137 Å². The summed E-state index contributed by atoms with van der Waals surface area (Å²) in [5.74, 6) is -1.40. The Morgan fingerprint density at radius 3 is 2.70 bits per heavy atom. The summed E-state index contributed by atoms with van der Waals surface area (Å²) in [7, 11) is 7.24. The van der Waals surface area contributed by atoms with Crippen molar-refractivity contribution < 1.29 is 14.3 Å². The van der Waals surface area contributed by atoms with Crippen molar-refractivity contribution >= 4 is 13.8 Å². The third-order valence-electron chi connectivity index (χ3n) is 5.51. The number of hydrogen-bond donors (Lipinski definition) is 3. The standard InChI is InChI=1S/C17H22BFN2O2/c1-21-17(15(22)23)11(3-2-6-18)7-10-8-14(19)13(9-12(10)17)16(20)4-5-16/h8-9,11,21H,2-7,20H2,1H3,(H,22,23)/t11-,17+/m0/s1. The smallest absolute Gasteiger partial charge is 0.328 e. The lowest BCUT2D eigenvalue weighted by molar-refractivity contribution is -0.147. The molecule has 0 bridgehead atoms. The highest BCUT2D eigenvalue weighted by molar-refractivity contribution is 6.08. The van der Waals surface area contributed by atoms with Crippen molar-refractivity contribution in [3.63, 3.8) is 0 Å². The van der Waals surface area contributed by atoms with Crippen molar-refractivity contribution in [3.05, 3.63) is 34.6 Å². The Hall–Kier alpha value is -1.40. The topological polar surface area (TPSA) is 75.3 Å². The Bertz CT molecular complexity index is 648. The normalized spacial score (nSPS) is 27.7. The van der Waals surface area contributed by atoms with Crippen LogP contribution in [0.4, 0.5) is 4.39 Å². The van der Waals surface area contributed by atoms with Crippen LogP contribution in [0.25, 0.3) is 0 Å². The molecular formula is C17H22BFN2O2. The van der Waals surface area contributed by atoms with E-state index in [0.29, 0.717) is 30.3 Å². The van der Waals surface area contributed by atoms with Crippen LogP contribution < -0.4 is 11.1 Å². The molecule has 1 aromatic rings. The molecule has 122 valence electrons. The van der Waals surface area contributed by atoms with E-state index >= 15 is 0 Å². The largest absolute Gasteiger partial charge is 0.480 e. The van der Waals surface area contributed by atoms with Gasteiger partial charge in [0.05, 0.1) is 7.85 Å². The van der Waals surface area contributed by atoms with Crippen molar-refractivity contribution in [2.75, 3.05) is 7.05 Å². The van der Waals surface area contributed by atoms with Crippen molar-refractivity contribution in [2.45, 2.75) is 49.5 Å². The predicted molar refractivity (Wildman–Crippen MR) is 86.9 cm³/mol. The molecule has 23 heavy (non-hydrogen) atoms. The molecule has 1 fully saturated rings. The van der Waals surface area contributed by atoms with Crippen LogP contribution in [0, 0.1) is 11.7 Å². The zero-order chi connectivity index (χ0) is 16.8. The summed E-state index contributed by atoms with van der Waals surface area (Å²) in [5.41, 5.74) is 6.19. The van der Waals surface area contributed by atoms with E-state index in [2.05, 4.69) is 5.32 Å². The zero-order valence-electron chi connectivity index (χ0n) is 13.4. The van der Waals surface area contributed by atoms with Crippen LogP contribution in [0.3, 0.4) is 0 Å². The van der Waals surface area contributed by atoms with Gasteiger partial charge in [-0.1, -0.05) is 12.7 Å². The van der Waals surface area contributed by atoms with Crippen LogP contribution >= 0.6 is 0 Å². The van der Waals surface area contributed by atoms with E-state index in [9.17, 15) is 14.3 Å². The van der Waals surface area contributed by atoms with Crippen LogP contribution in [-0.4, -0.2) is 26.0 Å². The lowest BCUT2D eigenvalue weighted by Crippen LogP contribution is -2.51. The highest BCUT2D eigenvalue weighted by Crippen LogP contribution is 2.49. The Morgan fingerprint density at radius 2 is 2.17 bits per heavy atom. The summed E-state index contributed by atoms with van der Waals surface area (Å²) in [5, 5.41) is 12.9. The molecule has 4 nitrogen and oxygen atoms in total. The molecule has 2 aliphatic rings. The number of nitrogens with one attached hydrogen (secondary N) is 1. The molecule has 2 aliphatic carbocycles. The maximum absolute atomic E-state index is 14.4. The van der Waals surface area contributed by atoms with Gasteiger partial charge in [-0.05, 0) is 61.9 Å². The lowest BCUT2D eigenvalue weighted by atomic mass is 9.79. The molecule has 1 aromatic carbocycles. The summed E-state index contributed by atoms with van der Waals surface area (Å²) in [6.45, 7) is 0. The lowest BCUT2D eigenvalue weighted by Gasteiger charge is -2.32. The molecule has 0 heterocycles. The Balaban J connectivity index is 2.11. The molecule has 0 aromatic heterocycles. The SMILES string of the molecule is [B]CCC[C@H]1Cc2cc(F)c(C3(N)CC3)cc2[C@@]1(NC)C(=O)O. The van der Waals surface area contributed by atoms with Gasteiger partial charge < -0.3 is 16.2 Å². The minimum Gasteiger partial charge on any atom is -0.480 e. The molecule has 1 saturated carbocycles. The van der Waals surface area contributed by atoms with E-state index in [-0.39, 0.29) is 11.7 Å². The predicted octanol–water partition coefficient (Wildman–Crippen LogP) is 1.81. The minimum atomic E-state index is -1.20. The second-order valence-corrected chi connectivity index (χ2v) is 6.84. The number of carboxylic acid groups (broad SMARTS) is 1. The number of benzene rings is 1. The zero-order valence-corrected chi connectivity index (χ0v) is 13.4. The molecule has 0 aliphatic heterocycles. The first-order chi connectivity index (χ1) is 10.9. The summed E-state index contributed by atoms with van der Waals surface area (Å²) in [6, 6.07) is 3.17. The molecule has 0 saturated heterocycles. The monoisotopic (exact) mass is 316 g/mol. The molecule has 6 heteroatoms. The van der Waals surface area contributed by atoms with Gasteiger partial charge >= 0.3 is 5.97 Å². The number of nitrogens with two attached hydrogens (primary N) is 1. The highest BCUT2D eigenvalue weighted by Gasteiger charge is 2.53. The molecule has 3 rings (SSSR count). The van der Waals surface area contributed by atoms with Crippen molar-refractivity contribution in [1.29, 1.82) is 0 Å². The summed E-state index contributed by atoms with van der Waals surface area (Å²) < 4.78 is 14.4. The van der Waals surface area contributed by atoms with E-state index in [1.165, 1.54) is 6.07 Å². The summed E-state index contributed by atoms with van der Waals surface area (Å²) in [6.07, 6.45) is 3.95. The molecule has 0 spiro atoms. The Kier molecular flexibility index (Phi) is 4.01. The van der Waals surface area contributed by atoms with E-state index in [1.807, 2.05) is 0 Å². The molecule has 0 amide bonds. The fourth-order valence-electron chi connectivity index (χ4n) is 3.99. The number of hydrogen-bond acceptors (Lipinski definition) is 3. The number of aliphatic carboxylic acids is 1. The van der Waals surface area contributed by atoms with Gasteiger partial charge in [0.1, 0.15) is 11.4 Å². The first kappa shape index (κ1) is 16.5. The molecule has 0 unspecified atom stereocenters. The summed E-state index contributed by atoms with van der Waals surface area (Å²) >= 11 is 0. The average molecular weight is 316 g/mol. The second-order valence-electron chi connectivity index (χ2n) is 6.84. The van der Waals surface area contributed by atoms with Crippen LogP contribution in [0.5, 0.6) is 0 Å². The van der Waals surface area contributed by atoms with Gasteiger partial charge in [-0.2, -0.15) is 0 Å². The van der Waals surface area contributed by atoms with E-state index in [4.69, 9.17) is 13.6 Å². The third kappa shape index (κ3) is 2.39. The molecule has 4 N–H and O–H groups in total. The van der Waals surface area contributed by atoms with Gasteiger partial charge in [-0.15, -0.1) is 0 Å². The van der Waals surface area contributed by atoms with E-state index in [0.717, 1.165) is 24.8 Å². The van der Waals surface area contributed by atoms with Crippen molar-refractivity contribution in [2.24, 2.45) is 11.7 Å². The maximum Gasteiger partial charge on any atom is 0.328 e. The Morgan fingerprint density at radius 1 is 1.48 bits per heavy atom. The number of rotatable bonds is 6. The minimum absolute atomic E-state index is 0.147.